The van der Waals surface area contributed by atoms with Crippen molar-refractivity contribution in [2.75, 3.05) is 0 Å². The molecule has 2 heterocycles. The fraction of sp³-hybridized carbons (Fsp3) is 0.0698. The van der Waals surface area contributed by atoms with Gasteiger partial charge in [0.05, 0.1) is 16.8 Å². The number of benzene rings is 5. The Labute approximate surface area is 272 Å². The summed E-state index contributed by atoms with van der Waals surface area (Å²) in [5.74, 6) is 1.35. The van der Waals surface area contributed by atoms with Crippen LogP contribution in [0.5, 0.6) is 0 Å². The Balaban J connectivity index is 1.26. The Morgan fingerprint density at radius 1 is 0.565 bits per heavy atom. The molecule has 1 spiro atoms. The van der Waals surface area contributed by atoms with Crippen molar-refractivity contribution in [3.05, 3.63) is 180 Å². The second kappa shape index (κ2) is 9.81. The first-order chi connectivity index (χ1) is 22.8. The van der Waals surface area contributed by atoms with Crippen LogP contribution >= 0.6 is 11.3 Å². The van der Waals surface area contributed by atoms with Crippen molar-refractivity contribution in [3.63, 3.8) is 0 Å². The maximum atomic E-state index is 5.22. The van der Waals surface area contributed by atoms with Gasteiger partial charge in [-0.2, -0.15) is 0 Å². The fourth-order valence-electron chi connectivity index (χ4n) is 8.33. The van der Waals surface area contributed by atoms with Crippen molar-refractivity contribution in [1.29, 1.82) is 0 Å². The first-order valence-electron chi connectivity index (χ1n) is 15.9. The Morgan fingerprint density at radius 2 is 1.24 bits per heavy atom. The number of hydrogen-bond donors (Lipinski definition) is 0. The maximum Gasteiger partial charge on any atom is 0.160 e. The summed E-state index contributed by atoms with van der Waals surface area (Å²) >= 11 is 1.93. The number of fused-ring (bicyclic) bond motifs is 12. The first kappa shape index (κ1) is 25.9. The highest BCUT2D eigenvalue weighted by molar-refractivity contribution is 7.22. The lowest BCUT2D eigenvalue weighted by atomic mass is 9.65. The van der Waals surface area contributed by atoms with Gasteiger partial charge in [0.15, 0.2) is 5.82 Å². The summed E-state index contributed by atoms with van der Waals surface area (Å²) in [6.07, 6.45) is 9.35. The molecule has 0 amide bonds. The number of rotatable bonds is 3. The number of aromatic nitrogens is 2. The highest BCUT2D eigenvalue weighted by Crippen LogP contribution is 2.68. The van der Waals surface area contributed by atoms with E-state index in [9.17, 15) is 0 Å². The van der Waals surface area contributed by atoms with Gasteiger partial charge < -0.3 is 0 Å². The molecule has 3 unspecified atom stereocenters. The highest BCUT2D eigenvalue weighted by atomic mass is 32.1. The van der Waals surface area contributed by atoms with Crippen LogP contribution in [0.15, 0.2) is 158 Å². The standard InChI is InChI=1S/C43H28N2S/c1-3-13-27(14-4-1)37-26-38(28-15-5-2-6-16-28)45-42(44-37)29-23-24-32-36(25-29)43(40-33-19-9-12-22-39(33)46-41(32)40)34-20-10-7-17-30(34)31-18-8-11-21-35(31)43/h1-26,30,34H. The van der Waals surface area contributed by atoms with E-state index in [1.165, 1.54) is 42.8 Å². The number of hydrogen-bond acceptors (Lipinski definition) is 3. The van der Waals surface area contributed by atoms with E-state index < -0.39 is 0 Å². The second-order valence-corrected chi connectivity index (χ2v) is 13.5. The molecule has 7 aromatic rings. The van der Waals surface area contributed by atoms with Gasteiger partial charge in [-0.15, -0.1) is 11.3 Å². The first-order valence-corrected chi connectivity index (χ1v) is 16.7. The molecule has 46 heavy (non-hydrogen) atoms. The van der Waals surface area contributed by atoms with Gasteiger partial charge in [-0.05, 0) is 51.4 Å². The third-order valence-corrected chi connectivity index (χ3v) is 11.4. The Morgan fingerprint density at radius 3 is 2.02 bits per heavy atom. The van der Waals surface area contributed by atoms with Crippen molar-refractivity contribution < 1.29 is 0 Å². The van der Waals surface area contributed by atoms with Crippen molar-refractivity contribution in [3.8, 4) is 44.3 Å². The molecule has 0 radical (unpaired) electrons. The van der Waals surface area contributed by atoms with Crippen LogP contribution < -0.4 is 0 Å². The molecule has 0 saturated heterocycles. The molecular formula is C43H28N2S. The summed E-state index contributed by atoms with van der Waals surface area (Å²) in [6.45, 7) is 0. The van der Waals surface area contributed by atoms with Crippen molar-refractivity contribution >= 4 is 21.4 Å². The summed E-state index contributed by atoms with van der Waals surface area (Å²) in [6, 6.07) is 48.1. The van der Waals surface area contributed by atoms with E-state index in [-0.39, 0.29) is 11.3 Å². The van der Waals surface area contributed by atoms with Gasteiger partial charge in [0.2, 0.25) is 0 Å². The van der Waals surface area contributed by atoms with E-state index >= 15 is 0 Å². The van der Waals surface area contributed by atoms with E-state index in [4.69, 9.17) is 9.97 Å². The van der Waals surface area contributed by atoms with Gasteiger partial charge in [0.1, 0.15) is 0 Å². The molecule has 2 nitrogen and oxygen atoms in total. The normalized spacial score (nSPS) is 20.1. The molecule has 0 aliphatic heterocycles. The van der Waals surface area contributed by atoms with Crippen LogP contribution in [-0.2, 0) is 5.41 Å². The van der Waals surface area contributed by atoms with Crippen molar-refractivity contribution in [2.45, 2.75) is 11.3 Å². The minimum Gasteiger partial charge on any atom is -0.228 e. The zero-order valence-corrected chi connectivity index (χ0v) is 25.8. The van der Waals surface area contributed by atoms with E-state index in [0.717, 1.165) is 33.9 Å². The second-order valence-electron chi connectivity index (χ2n) is 12.5. The molecule has 3 atom stereocenters. The topological polar surface area (TPSA) is 25.8 Å². The molecule has 10 rings (SSSR count). The van der Waals surface area contributed by atoms with Crippen LogP contribution in [0.1, 0.15) is 28.2 Å². The van der Waals surface area contributed by atoms with Crippen LogP contribution in [0.2, 0.25) is 0 Å². The molecule has 3 aliphatic rings. The lowest BCUT2D eigenvalue weighted by Gasteiger charge is -2.36. The summed E-state index contributed by atoms with van der Waals surface area (Å²) in [7, 11) is 0. The Hall–Kier alpha value is -5.38. The van der Waals surface area contributed by atoms with Crippen molar-refractivity contribution in [2.24, 2.45) is 5.92 Å². The number of thiophene rings is 1. The zero-order valence-electron chi connectivity index (χ0n) is 25.0. The van der Waals surface area contributed by atoms with Crippen LogP contribution in [-0.4, -0.2) is 9.97 Å². The van der Waals surface area contributed by atoms with Gasteiger partial charge in [0, 0.05) is 38.1 Å². The van der Waals surface area contributed by atoms with Gasteiger partial charge in [-0.25, -0.2) is 9.97 Å². The Kier molecular flexibility index (Phi) is 5.52. The quantitative estimate of drug-likeness (QED) is 0.201. The van der Waals surface area contributed by atoms with E-state index in [2.05, 4.69) is 146 Å². The maximum absolute atomic E-state index is 5.22. The average Bonchev–Trinajstić information content (AvgIpc) is 3.75. The third kappa shape index (κ3) is 3.52. The monoisotopic (exact) mass is 604 g/mol. The van der Waals surface area contributed by atoms with Crippen LogP contribution in [0.4, 0.5) is 0 Å². The number of allylic oxidation sites excluding steroid dienone is 4. The summed E-state index contributed by atoms with van der Waals surface area (Å²) in [5, 5.41) is 1.37. The van der Waals surface area contributed by atoms with Gasteiger partial charge in [-0.1, -0.05) is 140 Å². The summed E-state index contributed by atoms with van der Waals surface area (Å²) in [5.41, 5.74) is 11.8. The fourth-order valence-corrected chi connectivity index (χ4v) is 9.64. The minimum atomic E-state index is -0.303. The number of nitrogens with zero attached hydrogens (tertiary/aromatic N) is 2. The predicted molar refractivity (Wildman–Crippen MR) is 190 cm³/mol. The minimum absolute atomic E-state index is 0.277. The lowest BCUT2D eigenvalue weighted by molar-refractivity contribution is 0.468. The van der Waals surface area contributed by atoms with E-state index in [1.54, 1.807) is 0 Å². The SMILES string of the molecule is C1=CC2c3ccccc3C3(c4cc(-c5nc(-c6ccccc6)cc(-c6ccccc6)n5)ccc4-c4sc5ccccc5c43)C2C=C1. The van der Waals surface area contributed by atoms with Crippen LogP contribution in [0.3, 0.4) is 0 Å². The molecule has 0 fully saturated rings. The average molecular weight is 605 g/mol. The lowest BCUT2D eigenvalue weighted by Crippen LogP contribution is -2.33. The molecule has 3 aliphatic carbocycles. The molecule has 0 bridgehead atoms. The molecular weight excluding hydrogens is 577 g/mol. The highest BCUT2D eigenvalue weighted by Gasteiger charge is 2.58. The van der Waals surface area contributed by atoms with E-state index in [1.807, 2.05) is 23.5 Å². The van der Waals surface area contributed by atoms with E-state index in [0.29, 0.717) is 5.92 Å². The van der Waals surface area contributed by atoms with Gasteiger partial charge in [0.25, 0.3) is 0 Å². The molecule has 0 saturated carbocycles. The summed E-state index contributed by atoms with van der Waals surface area (Å²) in [4.78, 5) is 11.8. The van der Waals surface area contributed by atoms with Crippen molar-refractivity contribution in [1.82, 2.24) is 9.97 Å². The largest absolute Gasteiger partial charge is 0.228 e. The Bertz CT molecular complexity index is 2330. The van der Waals surface area contributed by atoms with Gasteiger partial charge in [-0.3, -0.25) is 0 Å². The molecule has 3 heteroatoms. The third-order valence-electron chi connectivity index (χ3n) is 10.2. The zero-order chi connectivity index (χ0) is 30.2. The molecule has 0 N–H and O–H groups in total. The summed E-state index contributed by atoms with van der Waals surface area (Å²) < 4.78 is 1.35. The molecule has 216 valence electrons. The predicted octanol–water partition coefficient (Wildman–Crippen LogP) is 10.8. The smallest absolute Gasteiger partial charge is 0.160 e. The van der Waals surface area contributed by atoms with Gasteiger partial charge >= 0.3 is 0 Å². The molecule has 2 aromatic heterocycles. The van der Waals surface area contributed by atoms with Crippen LogP contribution in [0, 0.1) is 5.92 Å². The van der Waals surface area contributed by atoms with Crippen LogP contribution in [0.25, 0.3) is 54.4 Å². The molecule has 5 aromatic carbocycles.